The van der Waals surface area contributed by atoms with Gasteiger partial charge in [-0.1, -0.05) is 42.5 Å². The van der Waals surface area contributed by atoms with Gasteiger partial charge in [0, 0.05) is 27.8 Å². The second-order valence-electron chi connectivity index (χ2n) is 4.87. The largest absolute Gasteiger partial charge is 1.00 e. The van der Waals surface area contributed by atoms with E-state index in [0.29, 0.717) is 0 Å². The number of hydrogen-bond donors (Lipinski definition) is 0. The van der Waals surface area contributed by atoms with Crippen LogP contribution < -0.4 is 12.4 Å². The molecule has 0 aliphatic heterocycles. The summed E-state index contributed by atoms with van der Waals surface area (Å²) in [5.74, 6) is 0. The predicted molar refractivity (Wildman–Crippen MR) is 90.1 cm³/mol. The topological polar surface area (TPSA) is 37.1 Å². The van der Waals surface area contributed by atoms with Crippen LogP contribution in [0.3, 0.4) is 0 Å². The predicted octanol–water partition coefficient (Wildman–Crippen LogP) is 1.52. The van der Waals surface area contributed by atoms with Gasteiger partial charge in [0.2, 0.25) is 0 Å². The van der Waals surface area contributed by atoms with Crippen LogP contribution in [-0.4, -0.2) is 17.6 Å². The molecule has 0 saturated carbocycles. The second kappa shape index (κ2) is 10.9. The van der Waals surface area contributed by atoms with Gasteiger partial charge in [-0.3, -0.25) is 4.99 Å². The van der Waals surface area contributed by atoms with Crippen LogP contribution in [0.25, 0.3) is 0 Å². The van der Waals surface area contributed by atoms with E-state index in [0.717, 1.165) is 28.2 Å². The molecule has 0 heterocycles. The molecule has 0 amide bonds. The SMILES string of the molecule is CC(C)=Nc1ccc(/C(C)=N\N=[C]c2ccccc2)cc1.[Cl-].[Ni]. The molecule has 123 valence electrons. The quantitative estimate of drug-likeness (QED) is 0.445. The maximum atomic E-state index is 4.40. The van der Waals surface area contributed by atoms with Crippen molar-refractivity contribution in [2.24, 2.45) is 15.2 Å². The summed E-state index contributed by atoms with van der Waals surface area (Å²) in [6, 6.07) is 17.7. The molecule has 0 spiro atoms. The Bertz CT molecular complexity index is 673. The Labute approximate surface area is 154 Å². The Morgan fingerprint density at radius 1 is 0.870 bits per heavy atom. The van der Waals surface area contributed by atoms with Gasteiger partial charge in [0.1, 0.15) is 6.21 Å². The van der Waals surface area contributed by atoms with Crippen molar-refractivity contribution < 1.29 is 28.9 Å². The van der Waals surface area contributed by atoms with Gasteiger partial charge in [-0.2, -0.15) is 5.10 Å². The Balaban J connectivity index is 0.00000242. The van der Waals surface area contributed by atoms with E-state index < -0.39 is 0 Å². The van der Waals surface area contributed by atoms with E-state index in [2.05, 4.69) is 21.4 Å². The van der Waals surface area contributed by atoms with Gasteiger partial charge >= 0.3 is 0 Å². The fraction of sp³-hybridized carbons (Fsp3) is 0.167. The first kappa shape index (κ1) is 21.2. The molecule has 0 unspecified atom stereocenters. The molecule has 0 aliphatic carbocycles. The van der Waals surface area contributed by atoms with Crippen molar-refractivity contribution in [3.8, 4) is 0 Å². The van der Waals surface area contributed by atoms with Crippen molar-refractivity contribution in [2.45, 2.75) is 20.8 Å². The maximum Gasteiger partial charge on any atom is 0.121 e. The molecule has 2 aromatic rings. The third kappa shape index (κ3) is 7.36. The number of halogens is 1. The van der Waals surface area contributed by atoms with Crippen LogP contribution >= 0.6 is 0 Å². The molecule has 0 fully saturated rings. The standard InChI is InChI=1S/C18H18N3.ClH.Ni/c1-14(2)20-18-11-9-17(10-12-18)15(3)21-19-13-16-7-5-4-6-8-16;;/h4-12H,1-3H3;1H;/p-1/b19-13?,21-15-;;. The van der Waals surface area contributed by atoms with E-state index in [1.807, 2.05) is 75.4 Å². The van der Waals surface area contributed by atoms with Crippen molar-refractivity contribution in [3.05, 3.63) is 65.7 Å². The van der Waals surface area contributed by atoms with Gasteiger partial charge in [-0.05, 0) is 38.5 Å². The first-order valence-electron chi connectivity index (χ1n) is 6.83. The van der Waals surface area contributed by atoms with Gasteiger partial charge in [-0.25, -0.2) is 0 Å². The van der Waals surface area contributed by atoms with E-state index >= 15 is 0 Å². The number of rotatable bonds is 4. The molecule has 23 heavy (non-hydrogen) atoms. The summed E-state index contributed by atoms with van der Waals surface area (Å²) in [6.07, 6.45) is 2.90. The Hall–Kier alpha value is -1.77. The van der Waals surface area contributed by atoms with E-state index in [1.54, 1.807) is 0 Å². The average Bonchev–Trinajstić information content (AvgIpc) is 2.48. The molecule has 0 aliphatic rings. The average molecular weight is 371 g/mol. The summed E-state index contributed by atoms with van der Waals surface area (Å²) in [4.78, 5) is 4.40. The zero-order valence-corrected chi connectivity index (χ0v) is 15.0. The van der Waals surface area contributed by atoms with Crippen LogP contribution in [-0.2, 0) is 16.5 Å². The molecule has 0 aromatic heterocycles. The number of benzene rings is 2. The van der Waals surface area contributed by atoms with Crippen LogP contribution in [0.4, 0.5) is 5.69 Å². The fourth-order valence-electron chi connectivity index (χ4n) is 1.76. The number of aliphatic imine (C=N–C) groups is 1. The molecule has 0 N–H and O–H groups in total. The summed E-state index contributed by atoms with van der Waals surface area (Å²) in [5, 5.41) is 8.17. The molecule has 2 aromatic carbocycles. The van der Waals surface area contributed by atoms with Gasteiger partial charge < -0.3 is 12.4 Å². The van der Waals surface area contributed by atoms with Crippen LogP contribution in [0.2, 0.25) is 0 Å². The first-order chi connectivity index (χ1) is 10.1. The summed E-state index contributed by atoms with van der Waals surface area (Å²) in [6.45, 7) is 5.89. The third-order valence-corrected chi connectivity index (χ3v) is 2.79. The first-order valence-corrected chi connectivity index (χ1v) is 6.83. The van der Waals surface area contributed by atoms with Crippen molar-refractivity contribution in [1.29, 1.82) is 0 Å². The second-order valence-corrected chi connectivity index (χ2v) is 4.87. The Morgan fingerprint density at radius 2 is 1.48 bits per heavy atom. The summed E-state index contributed by atoms with van der Waals surface area (Å²) in [7, 11) is 0. The van der Waals surface area contributed by atoms with Crippen molar-refractivity contribution in [1.82, 2.24) is 0 Å². The van der Waals surface area contributed by atoms with Crippen LogP contribution in [0.1, 0.15) is 31.9 Å². The summed E-state index contributed by atoms with van der Waals surface area (Å²) in [5.41, 5.74) is 4.78. The molecule has 0 atom stereocenters. The van der Waals surface area contributed by atoms with Crippen molar-refractivity contribution >= 4 is 23.3 Å². The molecule has 0 bridgehead atoms. The minimum absolute atomic E-state index is 0. The number of hydrogen-bond acceptors (Lipinski definition) is 3. The van der Waals surface area contributed by atoms with E-state index in [4.69, 9.17) is 0 Å². The number of nitrogens with zero attached hydrogens (tertiary/aromatic N) is 3. The summed E-state index contributed by atoms with van der Waals surface area (Å²) >= 11 is 0. The van der Waals surface area contributed by atoms with Gasteiger partial charge in [0.15, 0.2) is 0 Å². The van der Waals surface area contributed by atoms with E-state index in [1.165, 1.54) is 0 Å². The molecule has 5 heteroatoms. The van der Waals surface area contributed by atoms with Gasteiger partial charge in [0.25, 0.3) is 0 Å². The van der Waals surface area contributed by atoms with Crippen LogP contribution in [0.15, 0.2) is 69.8 Å². The smallest absolute Gasteiger partial charge is 0.121 e. The zero-order valence-electron chi connectivity index (χ0n) is 13.2. The minimum Gasteiger partial charge on any atom is -1.00 e. The zero-order chi connectivity index (χ0) is 15.1. The van der Waals surface area contributed by atoms with Gasteiger partial charge in [-0.15, -0.1) is 5.10 Å². The van der Waals surface area contributed by atoms with Crippen LogP contribution in [0, 0.1) is 0 Å². The van der Waals surface area contributed by atoms with Crippen molar-refractivity contribution in [2.75, 3.05) is 0 Å². The molecular weight excluding hydrogens is 352 g/mol. The third-order valence-electron chi connectivity index (χ3n) is 2.79. The molecular formula is C18H18ClN3Ni-. The summed E-state index contributed by atoms with van der Waals surface area (Å²) < 4.78 is 0. The fourth-order valence-corrected chi connectivity index (χ4v) is 1.76. The van der Waals surface area contributed by atoms with Crippen LogP contribution in [0.5, 0.6) is 0 Å². The normalized spacial score (nSPS) is 10.7. The molecule has 1 radical (unpaired) electrons. The van der Waals surface area contributed by atoms with Crippen molar-refractivity contribution in [3.63, 3.8) is 0 Å². The van der Waals surface area contributed by atoms with Gasteiger partial charge in [0.05, 0.1) is 11.4 Å². The Morgan fingerprint density at radius 3 is 2.04 bits per heavy atom. The van der Waals surface area contributed by atoms with E-state index in [9.17, 15) is 0 Å². The minimum atomic E-state index is 0. The molecule has 2 rings (SSSR count). The maximum absolute atomic E-state index is 4.40. The Kier molecular flexibility index (Phi) is 10.0. The van der Waals surface area contributed by atoms with E-state index in [-0.39, 0.29) is 28.9 Å². The molecule has 3 nitrogen and oxygen atoms in total. The monoisotopic (exact) mass is 369 g/mol. The molecule has 0 saturated heterocycles.